The first-order valence-corrected chi connectivity index (χ1v) is 15.8. The molecule has 13 nitrogen and oxygen atoms in total. The molecule has 0 bridgehead atoms. The molecule has 3 aromatic carbocycles. The van der Waals surface area contributed by atoms with Gasteiger partial charge in [-0.2, -0.15) is 4.99 Å². The zero-order valence-corrected chi connectivity index (χ0v) is 26.7. The van der Waals surface area contributed by atoms with E-state index in [1.807, 2.05) is 19.1 Å². The lowest BCUT2D eigenvalue weighted by molar-refractivity contribution is 0.100. The molecule has 1 heterocycles. The normalized spacial score (nSPS) is 14.0. The van der Waals surface area contributed by atoms with Gasteiger partial charge in [0, 0.05) is 50.4 Å². The number of benzene rings is 3. The monoisotopic (exact) mass is 640 g/mol. The summed E-state index contributed by atoms with van der Waals surface area (Å²) in [5, 5.41) is 0. The fourth-order valence-corrected chi connectivity index (χ4v) is 6.02. The van der Waals surface area contributed by atoms with Gasteiger partial charge in [-0.3, -0.25) is 19.3 Å². The highest BCUT2D eigenvalue weighted by molar-refractivity contribution is 7.92. The van der Waals surface area contributed by atoms with Crippen molar-refractivity contribution in [2.45, 2.75) is 18.4 Å². The Morgan fingerprint density at radius 2 is 1.51 bits per heavy atom. The van der Waals surface area contributed by atoms with Crippen LogP contribution < -0.4 is 35.1 Å². The number of guanidine groups is 1. The number of nitrogens with one attached hydrogen (secondary N) is 1. The predicted molar refractivity (Wildman–Crippen MR) is 172 cm³/mol. The topological polar surface area (TPSA) is 171 Å². The van der Waals surface area contributed by atoms with E-state index in [-0.39, 0.29) is 21.9 Å². The summed E-state index contributed by atoms with van der Waals surface area (Å²) in [6.45, 7) is 6.78. The van der Waals surface area contributed by atoms with Gasteiger partial charge in [-0.25, -0.2) is 8.42 Å². The van der Waals surface area contributed by atoms with Crippen molar-refractivity contribution in [1.29, 1.82) is 0 Å². The first-order valence-electron chi connectivity index (χ1n) is 14.3. The number of aliphatic imine (C=N–C) groups is 1. The number of ether oxygens (including phenoxy) is 4. The van der Waals surface area contributed by atoms with Gasteiger partial charge in [0.05, 0.1) is 31.9 Å². The predicted octanol–water partition coefficient (Wildman–Crippen LogP) is 2.43. The van der Waals surface area contributed by atoms with Gasteiger partial charge in [0.25, 0.3) is 15.9 Å². The molecule has 0 unspecified atom stereocenters. The van der Waals surface area contributed by atoms with Gasteiger partial charge in [-0.05, 0) is 43.3 Å². The SMILES string of the molecule is COc1ccc(CN2CCN(CCOc3ccc(C(=O)N=C(N)N)cc3NS(=O)(=O)c3ccc(C)cc3)CC2)c(OC)c1OC. The van der Waals surface area contributed by atoms with Gasteiger partial charge in [-0.1, -0.05) is 23.8 Å². The van der Waals surface area contributed by atoms with E-state index in [4.69, 9.17) is 30.4 Å². The maximum Gasteiger partial charge on any atom is 0.280 e. The van der Waals surface area contributed by atoms with Crippen LogP contribution in [0.2, 0.25) is 0 Å². The van der Waals surface area contributed by atoms with Gasteiger partial charge in [0.2, 0.25) is 5.75 Å². The fraction of sp³-hybridized carbons (Fsp3) is 0.355. The molecule has 0 saturated carbocycles. The van der Waals surface area contributed by atoms with Crippen LogP contribution in [-0.2, 0) is 16.6 Å². The van der Waals surface area contributed by atoms with E-state index < -0.39 is 21.9 Å². The summed E-state index contributed by atoms with van der Waals surface area (Å²) in [6.07, 6.45) is 0. The van der Waals surface area contributed by atoms with Gasteiger partial charge in [0.1, 0.15) is 12.4 Å². The van der Waals surface area contributed by atoms with E-state index in [1.54, 1.807) is 33.5 Å². The van der Waals surface area contributed by atoms with Crippen LogP contribution in [0.25, 0.3) is 0 Å². The molecule has 1 fully saturated rings. The third kappa shape index (κ3) is 8.56. The molecule has 1 amide bonds. The number of carbonyl (C=O) groups excluding carboxylic acids is 1. The molecular weight excluding hydrogens is 600 g/mol. The first kappa shape index (κ1) is 33.4. The van der Waals surface area contributed by atoms with Crippen LogP contribution in [0.3, 0.4) is 0 Å². The third-order valence-corrected chi connectivity index (χ3v) is 8.72. The van der Waals surface area contributed by atoms with Crippen LogP contribution in [-0.4, -0.2) is 90.7 Å². The molecular formula is C31H40N6O7S. The molecule has 4 rings (SSSR count). The van der Waals surface area contributed by atoms with Crippen LogP contribution in [0.15, 0.2) is 64.5 Å². The average molecular weight is 641 g/mol. The number of sulfonamides is 1. The summed E-state index contributed by atoms with van der Waals surface area (Å²) in [6, 6.07) is 14.7. The smallest absolute Gasteiger partial charge is 0.280 e. The van der Waals surface area contributed by atoms with Crippen molar-refractivity contribution in [1.82, 2.24) is 9.80 Å². The lowest BCUT2D eigenvalue weighted by Crippen LogP contribution is -2.47. The van der Waals surface area contributed by atoms with Crippen LogP contribution in [0.4, 0.5) is 5.69 Å². The molecule has 14 heteroatoms. The number of nitrogens with zero attached hydrogens (tertiary/aromatic N) is 3. The summed E-state index contributed by atoms with van der Waals surface area (Å²) in [4.78, 5) is 20.7. The van der Waals surface area contributed by atoms with Crippen molar-refractivity contribution in [2.24, 2.45) is 16.5 Å². The molecule has 0 spiro atoms. The maximum atomic E-state index is 13.2. The minimum Gasteiger partial charge on any atom is -0.493 e. The number of rotatable bonds is 13. The highest BCUT2D eigenvalue weighted by Gasteiger charge is 2.22. The Bertz CT molecular complexity index is 1620. The molecule has 0 atom stereocenters. The number of piperazine rings is 1. The average Bonchev–Trinajstić information content (AvgIpc) is 3.01. The number of anilines is 1. The summed E-state index contributed by atoms with van der Waals surface area (Å²) in [5.41, 5.74) is 12.8. The largest absolute Gasteiger partial charge is 0.493 e. The summed E-state index contributed by atoms with van der Waals surface area (Å²) in [5.74, 6) is 1.01. The highest BCUT2D eigenvalue weighted by Crippen LogP contribution is 2.40. The van der Waals surface area contributed by atoms with E-state index in [0.717, 1.165) is 37.3 Å². The number of nitrogens with two attached hydrogens (primary N) is 2. The van der Waals surface area contributed by atoms with Crippen molar-refractivity contribution in [3.8, 4) is 23.0 Å². The van der Waals surface area contributed by atoms with E-state index in [2.05, 4.69) is 19.5 Å². The summed E-state index contributed by atoms with van der Waals surface area (Å²) >= 11 is 0. The van der Waals surface area contributed by atoms with Gasteiger partial charge >= 0.3 is 0 Å². The lowest BCUT2D eigenvalue weighted by Gasteiger charge is -2.35. The number of amides is 1. The Kier molecular flexibility index (Phi) is 11.1. The van der Waals surface area contributed by atoms with E-state index in [9.17, 15) is 13.2 Å². The van der Waals surface area contributed by atoms with Crippen LogP contribution in [0.1, 0.15) is 21.5 Å². The lowest BCUT2D eigenvalue weighted by atomic mass is 10.1. The molecule has 1 saturated heterocycles. The maximum absolute atomic E-state index is 13.2. The van der Waals surface area contributed by atoms with Crippen molar-refractivity contribution < 1.29 is 32.2 Å². The van der Waals surface area contributed by atoms with E-state index >= 15 is 0 Å². The third-order valence-electron chi connectivity index (χ3n) is 7.34. The molecule has 5 N–H and O–H groups in total. The number of hydrogen-bond donors (Lipinski definition) is 3. The Morgan fingerprint density at radius 3 is 2.13 bits per heavy atom. The van der Waals surface area contributed by atoms with Crippen molar-refractivity contribution in [3.63, 3.8) is 0 Å². The second kappa shape index (κ2) is 15.0. The fourth-order valence-electron chi connectivity index (χ4n) is 4.96. The number of carbonyl (C=O) groups is 1. The van der Waals surface area contributed by atoms with Crippen LogP contribution in [0.5, 0.6) is 23.0 Å². The van der Waals surface area contributed by atoms with Crippen LogP contribution in [0, 0.1) is 6.92 Å². The van der Waals surface area contributed by atoms with E-state index in [0.29, 0.717) is 36.9 Å². The number of aryl methyl sites for hydroxylation is 1. The summed E-state index contributed by atoms with van der Waals surface area (Å²) < 4.78 is 51.5. The minimum atomic E-state index is -3.98. The number of methoxy groups -OCH3 is 3. The Morgan fingerprint density at radius 1 is 0.867 bits per heavy atom. The molecule has 3 aromatic rings. The Balaban J connectivity index is 1.39. The molecule has 0 aromatic heterocycles. The first-order chi connectivity index (χ1) is 21.5. The van der Waals surface area contributed by atoms with Gasteiger partial charge < -0.3 is 30.4 Å². The molecule has 45 heavy (non-hydrogen) atoms. The van der Waals surface area contributed by atoms with Crippen molar-refractivity contribution in [3.05, 3.63) is 71.3 Å². The second-order valence-electron chi connectivity index (χ2n) is 10.4. The molecule has 0 radical (unpaired) electrons. The standard InChI is InChI=1S/C31H40N6O7S/c1-21-5-9-24(10-6-21)45(39,40)35-25-19-22(30(38)34-31(32)33)7-11-26(25)44-18-17-36-13-15-37(16-14-36)20-23-8-12-27(41-2)29(43-4)28(23)42-3/h5-12,19,35H,13-18,20H2,1-4H3,(H4,32,33,34,38). The quantitative estimate of drug-likeness (QED) is 0.185. The number of hydrogen-bond acceptors (Lipinski definition) is 9. The highest BCUT2D eigenvalue weighted by atomic mass is 32.2. The zero-order valence-electron chi connectivity index (χ0n) is 25.9. The Hall–Kier alpha value is -4.53. The molecule has 1 aliphatic heterocycles. The van der Waals surface area contributed by atoms with Crippen LogP contribution >= 0.6 is 0 Å². The molecule has 0 aliphatic carbocycles. The Labute approximate surface area is 263 Å². The minimum absolute atomic E-state index is 0.0728. The van der Waals surface area contributed by atoms with Gasteiger partial charge in [-0.15, -0.1) is 0 Å². The zero-order chi connectivity index (χ0) is 32.6. The second-order valence-corrected chi connectivity index (χ2v) is 12.1. The van der Waals surface area contributed by atoms with E-state index in [1.165, 1.54) is 30.3 Å². The van der Waals surface area contributed by atoms with Crippen molar-refractivity contribution in [2.75, 3.05) is 65.4 Å². The molecule has 242 valence electrons. The molecule has 1 aliphatic rings. The summed E-state index contributed by atoms with van der Waals surface area (Å²) in [7, 11) is 0.826. The van der Waals surface area contributed by atoms with Gasteiger partial charge in [0.15, 0.2) is 17.5 Å². The van der Waals surface area contributed by atoms with Crippen molar-refractivity contribution >= 4 is 27.6 Å².